The molecular formula is C25H36N2O2. The van der Waals surface area contributed by atoms with Crippen molar-refractivity contribution in [2.75, 3.05) is 0 Å². The highest BCUT2D eigenvalue weighted by atomic mass is 16.3. The molecule has 4 aliphatic rings. The Balaban J connectivity index is 1.45. The molecule has 4 aliphatic carbocycles. The van der Waals surface area contributed by atoms with Crippen LogP contribution in [-0.2, 0) is 11.3 Å². The van der Waals surface area contributed by atoms with Crippen LogP contribution < -0.4 is 0 Å². The van der Waals surface area contributed by atoms with E-state index in [1.165, 1.54) is 19.3 Å². The summed E-state index contributed by atoms with van der Waals surface area (Å²) in [6, 6.07) is 2.02. The Kier molecular flexibility index (Phi) is 4.58. The second-order valence-electron chi connectivity index (χ2n) is 10.8. The number of hydrogen-bond acceptors (Lipinski definition) is 3. The highest BCUT2D eigenvalue weighted by molar-refractivity contribution is 6.05. The zero-order chi connectivity index (χ0) is 20.4. The molecule has 7 unspecified atom stereocenters. The molecule has 0 radical (unpaired) electrons. The molecule has 158 valence electrons. The Bertz CT molecular complexity index is 842. The molecule has 29 heavy (non-hydrogen) atoms. The van der Waals surface area contributed by atoms with Gasteiger partial charge in [0.1, 0.15) is 0 Å². The minimum atomic E-state index is -0.179. The van der Waals surface area contributed by atoms with Crippen molar-refractivity contribution >= 4 is 11.9 Å². The number of aliphatic hydroxyl groups is 1. The van der Waals surface area contributed by atoms with Crippen LogP contribution in [0, 0.1) is 34.5 Å². The molecule has 0 bridgehead atoms. The number of allylic oxidation sites excluding steroid dienone is 1. The van der Waals surface area contributed by atoms with Crippen LogP contribution in [0.3, 0.4) is 0 Å². The number of aliphatic hydroxyl groups excluding tert-OH is 1. The van der Waals surface area contributed by atoms with Crippen LogP contribution in [0.25, 0.3) is 6.08 Å². The first kappa shape index (κ1) is 19.5. The van der Waals surface area contributed by atoms with E-state index in [9.17, 15) is 9.90 Å². The molecule has 0 spiro atoms. The molecule has 1 N–H and O–H groups in total. The van der Waals surface area contributed by atoms with Gasteiger partial charge in [-0.25, -0.2) is 0 Å². The fraction of sp³-hybridized carbons (Fsp3) is 0.760. The zero-order valence-electron chi connectivity index (χ0n) is 18.2. The zero-order valence-corrected chi connectivity index (χ0v) is 18.2. The van der Waals surface area contributed by atoms with Crippen molar-refractivity contribution in [2.45, 2.75) is 84.8 Å². The van der Waals surface area contributed by atoms with Gasteiger partial charge >= 0.3 is 0 Å². The summed E-state index contributed by atoms with van der Waals surface area (Å²) in [5.41, 5.74) is 2.27. The van der Waals surface area contributed by atoms with E-state index in [0.717, 1.165) is 55.8 Å². The van der Waals surface area contributed by atoms with E-state index in [1.807, 2.05) is 16.9 Å². The van der Waals surface area contributed by atoms with Gasteiger partial charge in [-0.2, -0.15) is 5.10 Å². The van der Waals surface area contributed by atoms with E-state index in [4.69, 9.17) is 0 Å². The molecule has 1 aromatic heterocycles. The largest absolute Gasteiger partial charge is 0.393 e. The monoisotopic (exact) mass is 396 g/mol. The average Bonchev–Trinajstić information content (AvgIpc) is 3.25. The topological polar surface area (TPSA) is 55.1 Å². The van der Waals surface area contributed by atoms with Crippen molar-refractivity contribution < 1.29 is 9.90 Å². The van der Waals surface area contributed by atoms with Crippen molar-refractivity contribution in [3.63, 3.8) is 0 Å². The first-order chi connectivity index (χ1) is 13.9. The van der Waals surface area contributed by atoms with Crippen LogP contribution in [0.1, 0.15) is 77.8 Å². The Labute approximate surface area is 174 Å². The number of fused-ring (bicyclic) bond motifs is 5. The first-order valence-corrected chi connectivity index (χ1v) is 11.8. The maximum Gasteiger partial charge on any atom is 0.165 e. The van der Waals surface area contributed by atoms with Gasteiger partial charge in [0.2, 0.25) is 0 Å². The van der Waals surface area contributed by atoms with Gasteiger partial charge in [0.25, 0.3) is 0 Å². The summed E-state index contributed by atoms with van der Waals surface area (Å²) < 4.78 is 1.98. The number of aromatic nitrogens is 2. The Hall–Kier alpha value is -1.42. The van der Waals surface area contributed by atoms with E-state index in [-0.39, 0.29) is 11.5 Å². The van der Waals surface area contributed by atoms with Crippen LogP contribution in [0.2, 0.25) is 0 Å². The number of Topliss-reactive ketones (excluding diaryl/α,β-unsaturated/α-hetero) is 1. The molecule has 4 heteroatoms. The Morgan fingerprint density at radius 3 is 2.83 bits per heavy atom. The summed E-state index contributed by atoms with van der Waals surface area (Å²) in [5, 5.41) is 14.6. The van der Waals surface area contributed by atoms with Gasteiger partial charge in [-0.15, -0.1) is 0 Å². The predicted octanol–water partition coefficient (Wildman–Crippen LogP) is 4.87. The number of hydrogen-bond donors (Lipinski definition) is 1. The van der Waals surface area contributed by atoms with Crippen LogP contribution in [0.4, 0.5) is 0 Å². The van der Waals surface area contributed by atoms with Gasteiger partial charge in [0, 0.05) is 18.2 Å². The third kappa shape index (κ3) is 2.81. The van der Waals surface area contributed by atoms with E-state index < -0.39 is 0 Å². The highest BCUT2D eigenvalue weighted by Crippen LogP contribution is 2.66. The number of carbonyl (C=O) groups excluding carboxylic acids is 1. The lowest BCUT2D eigenvalue weighted by molar-refractivity contribution is -0.141. The second kappa shape index (κ2) is 6.80. The van der Waals surface area contributed by atoms with E-state index in [1.54, 1.807) is 0 Å². The summed E-state index contributed by atoms with van der Waals surface area (Å²) in [4.78, 5) is 13.5. The van der Waals surface area contributed by atoms with Gasteiger partial charge in [-0.1, -0.05) is 13.8 Å². The smallest absolute Gasteiger partial charge is 0.165 e. The van der Waals surface area contributed by atoms with Crippen LogP contribution in [-0.4, -0.2) is 26.8 Å². The number of nitrogens with zero attached hydrogens (tertiary/aromatic N) is 2. The highest BCUT2D eigenvalue weighted by Gasteiger charge is 2.61. The molecule has 0 amide bonds. The number of carbonyl (C=O) groups is 1. The van der Waals surface area contributed by atoms with E-state index in [2.05, 4.69) is 31.9 Å². The van der Waals surface area contributed by atoms with Crippen molar-refractivity contribution in [3.05, 3.63) is 23.5 Å². The number of aryl methyl sites for hydroxylation is 1. The maximum atomic E-state index is 13.5. The fourth-order valence-corrected chi connectivity index (χ4v) is 7.94. The number of ketones is 1. The lowest BCUT2D eigenvalue weighted by Gasteiger charge is -2.59. The third-order valence-electron chi connectivity index (χ3n) is 9.65. The van der Waals surface area contributed by atoms with Crippen molar-refractivity contribution in [2.24, 2.45) is 34.5 Å². The van der Waals surface area contributed by atoms with Crippen LogP contribution in [0.5, 0.6) is 0 Å². The molecule has 7 atom stereocenters. The summed E-state index contributed by atoms with van der Waals surface area (Å²) in [6.07, 6.45) is 12.6. The van der Waals surface area contributed by atoms with Crippen molar-refractivity contribution in [3.8, 4) is 0 Å². The molecule has 0 aliphatic heterocycles. The van der Waals surface area contributed by atoms with Gasteiger partial charge in [-0.05, 0) is 105 Å². The summed E-state index contributed by atoms with van der Waals surface area (Å²) >= 11 is 0. The van der Waals surface area contributed by atoms with Gasteiger partial charge in [-0.3, -0.25) is 9.48 Å². The minimum Gasteiger partial charge on any atom is -0.393 e. The molecule has 0 saturated heterocycles. The molecule has 0 aromatic carbocycles. The molecule has 4 nitrogen and oxygen atoms in total. The standard InChI is InChI=1S/C25H36N2O2/c1-4-27-18(9-12-26-27)13-16-14-22-20-6-5-17-15-19(28)7-10-24(17,2)21(20)8-11-25(22,3)23(16)29/h9,12-13,17,19-22,28H,4-8,10-11,14-15H2,1-3H3/b16-13-. The predicted molar refractivity (Wildman–Crippen MR) is 114 cm³/mol. The lowest BCUT2D eigenvalue weighted by atomic mass is 9.45. The third-order valence-corrected chi connectivity index (χ3v) is 9.65. The molecule has 4 fully saturated rings. The van der Waals surface area contributed by atoms with Gasteiger partial charge in [0.15, 0.2) is 5.78 Å². The molecule has 1 heterocycles. The second-order valence-corrected chi connectivity index (χ2v) is 10.8. The minimum absolute atomic E-state index is 0.0931. The SMILES string of the molecule is CCn1nccc1/C=C1/CC2C3CCC4CC(O)CCC4(C)C3CCC2(C)C1=O. The summed E-state index contributed by atoms with van der Waals surface area (Å²) in [5.74, 6) is 2.94. The van der Waals surface area contributed by atoms with Gasteiger partial charge < -0.3 is 5.11 Å². The Morgan fingerprint density at radius 2 is 2.03 bits per heavy atom. The Morgan fingerprint density at radius 1 is 1.21 bits per heavy atom. The lowest BCUT2D eigenvalue weighted by Crippen LogP contribution is -2.54. The summed E-state index contributed by atoms with van der Waals surface area (Å²) in [6.45, 7) is 7.69. The van der Waals surface area contributed by atoms with Crippen molar-refractivity contribution in [1.82, 2.24) is 9.78 Å². The average molecular weight is 397 g/mol. The number of rotatable bonds is 2. The molecule has 1 aromatic rings. The van der Waals surface area contributed by atoms with Gasteiger partial charge in [0.05, 0.1) is 11.8 Å². The van der Waals surface area contributed by atoms with Crippen LogP contribution >= 0.6 is 0 Å². The van der Waals surface area contributed by atoms with E-state index in [0.29, 0.717) is 29.0 Å². The summed E-state index contributed by atoms with van der Waals surface area (Å²) in [7, 11) is 0. The normalized spacial score (nSPS) is 45.7. The van der Waals surface area contributed by atoms with E-state index >= 15 is 0 Å². The van der Waals surface area contributed by atoms with Crippen molar-refractivity contribution in [1.29, 1.82) is 0 Å². The molecule has 5 rings (SSSR count). The van der Waals surface area contributed by atoms with Crippen LogP contribution in [0.15, 0.2) is 17.8 Å². The fourth-order valence-electron chi connectivity index (χ4n) is 7.94. The maximum absolute atomic E-state index is 13.5. The quantitative estimate of drug-likeness (QED) is 0.726. The molecular weight excluding hydrogens is 360 g/mol. The first-order valence-electron chi connectivity index (χ1n) is 11.8. The molecule has 4 saturated carbocycles.